The Bertz CT molecular complexity index is 854. The zero-order chi connectivity index (χ0) is 37.7. The quantitative estimate of drug-likeness (QED) is 0.0387. The van der Waals surface area contributed by atoms with Crippen molar-refractivity contribution < 1.29 is 19.4 Å². The maximum Gasteiger partial charge on any atom is 0.306 e. The van der Waals surface area contributed by atoms with Crippen LogP contribution in [-0.4, -0.2) is 37.0 Å². The highest BCUT2D eigenvalue weighted by Gasteiger charge is 2.13. The van der Waals surface area contributed by atoms with Crippen molar-refractivity contribution in [1.82, 2.24) is 0 Å². The third-order valence-corrected chi connectivity index (χ3v) is 9.58. The predicted octanol–water partition coefficient (Wildman–Crippen LogP) is 14.8. The van der Waals surface area contributed by atoms with Gasteiger partial charge in [0.05, 0.1) is 13.2 Å². The fourth-order valence-corrected chi connectivity index (χ4v) is 6.26. The second-order valence-electron chi connectivity index (χ2n) is 14.7. The van der Waals surface area contributed by atoms with Crippen LogP contribution in [0.3, 0.4) is 0 Å². The molecule has 0 fully saturated rings. The molecule has 0 rings (SSSR count). The minimum atomic E-state index is -0.542. The van der Waals surface area contributed by atoms with Gasteiger partial charge < -0.3 is 14.6 Å². The van der Waals surface area contributed by atoms with Crippen LogP contribution in [0.5, 0.6) is 0 Å². The summed E-state index contributed by atoms with van der Waals surface area (Å²) in [4.78, 5) is 12.2. The topological polar surface area (TPSA) is 55.8 Å². The second kappa shape index (κ2) is 45.2. The minimum absolute atomic E-state index is 0.178. The standard InChI is InChI=1S/C48H86O4/c1-3-5-7-9-11-13-15-17-19-21-23-24-25-27-29-31-33-35-37-39-41-43-48(50)52-47(45-49)46-51-44-42-40-38-36-34-32-30-28-26-22-20-18-16-14-12-10-8-6-4-2/h5,7,11,13,17,19-20,22-24,47,49H,3-4,6,8-10,12,14-16,18,21,25-46H2,1-2H3/b7-5-,13-11-,19-17-,22-20-,24-23-. The van der Waals surface area contributed by atoms with Gasteiger partial charge in [0.1, 0.15) is 6.10 Å². The number of hydrogen-bond donors (Lipinski definition) is 1. The summed E-state index contributed by atoms with van der Waals surface area (Å²) >= 11 is 0. The molecule has 0 heterocycles. The number of carbonyl (C=O) groups excluding carboxylic acids is 1. The van der Waals surface area contributed by atoms with Crippen LogP contribution in [0.15, 0.2) is 60.8 Å². The van der Waals surface area contributed by atoms with Crippen molar-refractivity contribution in [2.75, 3.05) is 19.8 Å². The zero-order valence-corrected chi connectivity index (χ0v) is 34.6. The lowest BCUT2D eigenvalue weighted by Gasteiger charge is -2.16. The van der Waals surface area contributed by atoms with Crippen molar-refractivity contribution in [2.45, 2.75) is 219 Å². The molecule has 0 aliphatic carbocycles. The van der Waals surface area contributed by atoms with E-state index in [2.05, 4.69) is 74.6 Å². The molecule has 0 radical (unpaired) electrons. The van der Waals surface area contributed by atoms with Gasteiger partial charge in [-0.25, -0.2) is 0 Å². The summed E-state index contributed by atoms with van der Waals surface area (Å²) in [6.07, 6.45) is 60.0. The number of hydrogen-bond acceptors (Lipinski definition) is 4. The maximum absolute atomic E-state index is 12.2. The Hall–Kier alpha value is -1.91. The normalized spacial score (nSPS) is 12.9. The van der Waals surface area contributed by atoms with Crippen molar-refractivity contribution in [3.8, 4) is 0 Å². The average Bonchev–Trinajstić information content (AvgIpc) is 3.15. The zero-order valence-electron chi connectivity index (χ0n) is 34.6. The summed E-state index contributed by atoms with van der Waals surface area (Å²) in [6.45, 7) is 5.23. The number of aliphatic hydroxyl groups is 1. The van der Waals surface area contributed by atoms with E-state index in [0.717, 1.165) is 44.9 Å². The Morgan fingerprint density at radius 3 is 1.33 bits per heavy atom. The van der Waals surface area contributed by atoms with Gasteiger partial charge in [0.15, 0.2) is 0 Å². The van der Waals surface area contributed by atoms with E-state index in [4.69, 9.17) is 9.47 Å². The first-order chi connectivity index (χ1) is 25.7. The van der Waals surface area contributed by atoms with E-state index in [1.165, 1.54) is 148 Å². The van der Waals surface area contributed by atoms with Crippen LogP contribution in [0.2, 0.25) is 0 Å². The monoisotopic (exact) mass is 727 g/mol. The highest BCUT2D eigenvalue weighted by Crippen LogP contribution is 2.14. The van der Waals surface area contributed by atoms with Gasteiger partial charge in [0.2, 0.25) is 0 Å². The molecule has 0 aliphatic rings. The Balaban J connectivity index is 3.46. The molecule has 4 nitrogen and oxygen atoms in total. The number of esters is 1. The summed E-state index contributed by atoms with van der Waals surface area (Å²) in [5, 5.41) is 9.62. The third-order valence-electron chi connectivity index (χ3n) is 9.58. The maximum atomic E-state index is 12.2. The van der Waals surface area contributed by atoms with Gasteiger partial charge in [-0.1, -0.05) is 190 Å². The largest absolute Gasteiger partial charge is 0.457 e. The van der Waals surface area contributed by atoms with Crippen LogP contribution < -0.4 is 0 Å². The van der Waals surface area contributed by atoms with Crippen LogP contribution >= 0.6 is 0 Å². The Kier molecular flexibility index (Phi) is 43.6. The first-order valence-electron chi connectivity index (χ1n) is 22.4. The average molecular weight is 727 g/mol. The van der Waals surface area contributed by atoms with Crippen LogP contribution in [-0.2, 0) is 14.3 Å². The van der Waals surface area contributed by atoms with Gasteiger partial charge in [-0.3, -0.25) is 4.79 Å². The van der Waals surface area contributed by atoms with E-state index >= 15 is 0 Å². The fourth-order valence-electron chi connectivity index (χ4n) is 6.26. The number of aliphatic hydroxyl groups excluding tert-OH is 1. The van der Waals surface area contributed by atoms with E-state index < -0.39 is 6.10 Å². The first kappa shape index (κ1) is 50.1. The van der Waals surface area contributed by atoms with Crippen molar-refractivity contribution >= 4 is 5.97 Å². The number of unbranched alkanes of at least 4 members (excludes halogenated alkanes) is 23. The molecule has 0 aromatic carbocycles. The van der Waals surface area contributed by atoms with E-state index in [0.29, 0.717) is 13.0 Å². The second-order valence-corrected chi connectivity index (χ2v) is 14.7. The summed E-state index contributed by atoms with van der Waals surface area (Å²) in [6, 6.07) is 0. The van der Waals surface area contributed by atoms with Gasteiger partial charge >= 0.3 is 5.97 Å². The van der Waals surface area contributed by atoms with Gasteiger partial charge in [0, 0.05) is 13.0 Å². The molecular formula is C48H86O4. The molecule has 0 bridgehead atoms. The Morgan fingerprint density at radius 1 is 0.481 bits per heavy atom. The molecule has 0 saturated carbocycles. The summed E-state index contributed by atoms with van der Waals surface area (Å²) in [7, 11) is 0. The molecule has 0 aromatic rings. The molecule has 302 valence electrons. The Morgan fingerprint density at radius 2 is 0.865 bits per heavy atom. The number of rotatable bonds is 41. The molecule has 0 spiro atoms. The van der Waals surface area contributed by atoms with Crippen molar-refractivity contribution in [3.63, 3.8) is 0 Å². The fraction of sp³-hybridized carbons (Fsp3) is 0.771. The molecular weight excluding hydrogens is 641 g/mol. The van der Waals surface area contributed by atoms with Crippen molar-refractivity contribution in [1.29, 1.82) is 0 Å². The smallest absolute Gasteiger partial charge is 0.306 e. The number of carbonyl (C=O) groups is 1. The highest BCUT2D eigenvalue weighted by molar-refractivity contribution is 5.69. The molecule has 1 unspecified atom stereocenters. The predicted molar refractivity (Wildman–Crippen MR) is 228 cm³/mol. The minimum Gasteiger partial charge on any atom is -0.457 e. The van der Waals surface area contributed by atoms with E-state index in [9.17, 15) is 9.90 Å². The highest BCUT2D eigenvalue weighted by atomic mass is 16.6. The van der Waals surface area contributed by atoms with Crippen LogP contribution in [0.4, 0.5) is 0 Å². The SMILES string of the molecule is CC/C=C\C/C=C\C/C=C\C/C=C\CCCCCCCCCCC(=O)OC(CO)COCCCCCCCCCC/C=C\CCCCCCCCC. The number of ether oxygens (including phenoxy) is 2. The molecule has 0 aliphatic heterocycles. The van der Waals surface area contributed by atoms with Gasteiger partial charge in [0.25, 0.3) is 0 Å². The summed E-state index contributed by atoms with van der Waals surface area (Å²) in [5.74, 6) is -0.210. The van der Waals surface area contributed by atoms with Gasteiger partial charge in [-0.05, 0) is 77.0 Å². The molecule has 1 N–H and O–H groups in total. The lowest BCUT2D eigenvalue weighted by atomic mass is 10.1. The lowest BCUT2D eigenvalue weighted by molar-refractivity contribution is -0.154. The van der Waals surface area contributed by atoms with Crippen LogP contribution in [0.25, 0.3) is 0 Å². The van der Waals surface area contributed by atoms with E-state index in [1.54, 1.807) is 0 Å². The molecule has 4 heteroatoms. The Labute approximate surface area is 324 Å². The summed E-state index contributed by atoms with van der Waals surface area (Å²) < 4.78 is 11.2. The van der Waals surface area contributed by atoms with Crippen LogP contribution in [0, 0.1) is 0 Å². The van der Waals surface area contributed by atoms with Crippen molar-refractivity contribution in [2.24, 2.45) is 0 Å². The molecule has 1 atom stereocenters. The molecule has 0 saturated heterocycles. The first-order valence-corrected chi connectivity index (χ1v) is 22.4. The van der Waals surface area contributed by atoms with Gasteiger partial charge in [-0.2, -0.15) is 0 Å². The summed E-state index contributed by atoms with van der Waals surface area (Å²) in [5.41, 5.74) is 0. The number of allylic oxidation sites excluding steroid dienone is 10. The molecule has 0 amide bonds. The van der Waals surface area contributed by atoms with Crippen LogP contribution in [0.1, 0.15) is 213 Å². The molecule has 0 aromatic heterocycles. The van der Waals surface area contributed by atoms with Gasteiger partial charge in [-0.15, -0.1) is 0 Å². The lowest BCUT2D eigenvalue weighted by Crippen LogP contribution is -2.27. The van der Waals surface area contributed by atoms with Crippen molar-refractivity contribution in [3.05, 3.63) is 60.8 Å². The molecule has 52 heavy (non-hydrogen) atoms. The third kappa shape index (κ3) is 42.5. The van der Waals surface area contributed by atoms with E-state index in [-0.39, 0.29) is 19.2 Å². The van der Waals surface area contributed by atoms with E-state index in [1.807, 2.05) is 0 Å².